The molecule has 4 nitrogen and oxygen atoms in total. The van der Waals surface area contributed by atoms with Crippen LogP contribution in [-0.2, 0) is 7.67 Å². The summed E-state index contributed by atoms with van der Waals surface area (Å²) in [7, 11) is 0. The number of rotatable bonds is 0. The third kappa shape index (κ3) is 96.1. The summed E-state index contributed by atoms with van der Waals surface area (Å²) in [6, 6.07) is 0. The molecule has 7 heteroatoms. The summed E-state index contributed by atoms with van der Waals surface area (Å²) in [6.45, 7) is 0. The van der Waals surface area contributed by atoms with Crippen LogP contribution in [0.3, 0.4) is 0 Å². The average molecular weight is 248 g/mol. The predicted molar refractivity (Wildman–Crippen MR) is 17.9 cm³/mol. The Balaban J connectivity index is -0.0000000800. The summed E-state index contributed by atoms with van der Waals surface area (Å²) in [6.07, 6.45) is 0. The van der Waals surface area contributed by atoms with Gasteiger partial charge < -0.3 is 0 Å². The van der Waals surface area contributed by atoms with Gasteiger partial charge in [0.05, 0.1) is 0 Å². The molecule has 0 radical (unpaired) electrons. The molecule has 40 valence electrons. The van der Waals surface area contributed by atoms with E-state index in [0.29, 0.717) is 0 Å². The van der Waals surface area contributed by atoms with Gasteiger partial charge in [0.2, 0.25) is 0 Å². The summed E-state index contributed by atoms with van der Waals surface area (Å²) in [4.78, 5) is 0. The van der Waals surface area contributed by atoms with Gasteiger partial charge in [-0.3, -0.25) is 0 Å². The maximum absolute atomic E-state index is 8.70. The van der Waals surface area contributed by atoms with Gasteiger partial charge in [0.15, 0.2) is 0 Å². The van der Waals surface area contributed by atoms with E-state index in [9.17, 15) is 0 Å². The second-order valence-corrected chi connectivity index (χ2v) is 2.22. The standard InChI is InChI=1S/Na.H2O4Se.H2Se/c;1-5(2,3)4;/h;(H2,1,2,3,4);1H2/q+1;;/p-1. The Morgan fingerprint density at radius 3 is 1.43 bits per heavy atom. The van der Waals surface area contributed by atoms with E-state index in [0.717, 1.165) is 0 Å². The van der Waals surface area contributed by atoms with Gasteiger partial charge >= 0.3 is 76.0 Å². The SMILES string of the molecule is O=[Se](=O)([O-])O.[Na+].[SeH2]. The monoisotopic (exact) mass is 250 g/mol. The molecule has 0 atom stereocenters. The zero-order valence-corrected chi connectivity index (χ0v) is 9.39. The third-order valence-electron chi connectivity index (χ3n) is 0. The first-order valence-corrected chi connectivity index (χ1v) is 3.55. The zero-order chi connectivity index (χ0) is 4.50. The molecule has 0 aliphatic heterocycles. The molecule has 0 fully saturated rings. The van der Waals surface area contributed by atoms with Gasteiger partial charge in [0.1, 0.15) is 0 Å². The third-order valence-corrected chi connectivity index (χ3v) is 0. The summed E-state index contributed by atoms with van der Waals surface area (Å²) in [5, 5.41) is 0. The molecule has 0 saturated carbocycles. The van der Waals surface area contributed by atoms with Crippen molar-refractivity contribution in [2.24, 2.45) is 0 Å². The maximum atomic E-state index is 8.70. The second-order valence-electron chi connectivity index (χ2n) is 0.428. The Labute approximate surface area is 75.3 Å². The van der Waals surface area contributed by atoms with E-state index in [1.54, 1.807) is 0 Å². The summed E-state index contributed by atoms with van der Waals surface area (Å²) in [5.74, 6) is 0. The molecule has 0 bridgehead atoms. The fraction of sp³-hybridized carbons (Fsp3) is 0. The predicted octanol–water partition coefficient (Wildman–Crippen LogP) is -6.28. The second kappa shape index (κ2) is 5.69. The van der Waals surface area contributed by atoms with Crippen LogP contribution in [0.15, 0.2) is 0 Å². The molecule has 7 heavy (non-hydrogen) atoms. The molecule has 0 saturated heterocycles. The van der Waals surface area contributed by atoms with Crippen LogP contribution in [0.4, 0.5) is 0 Å². The van der Waals surface area contributed by atoms with Gasteiger partial charge in [-0.2, -0.15) is 0 Å². The average Bonchev–Trinajstić information content (AvgIpc) is 0.722. The van der Waals surface area contributed by atoms with Crippen LogP contribution in [0.25, 0.3) is 0 Å². The molecule has 0 aromatic heterocycles. The van der Waals surface area contributed by atoms with Crippen molar-refractivity contribution in [2.75, 3.05) is 0 Å². The van der Waals surface area contributed by atoms with E-state index >= 15 is 0 Å². The number of hydrogen-bond donors (Lipinski definition) is 1. The van der Waals surface area contributed by atoms with Crippen LogP contribution in [0, 0.1) is 0 Å². The van der Waals surface area contributed by atoms with E-state index in [1.807, 2.05) is 0 Å². The van der Waals surface area contributed by atoms with Crippen LogP contribution in [0.5, 0.6) is 0 Å². The fourth-order valence-corrected chi connectivity index (χ4v) is 0. The Bertz CT molecular complexity index is 92.9. The molecule has 0 aromatic rings. The quantitative estimate of drug-likeness (QED) is 0.432. The van der Waals surface area contributed by atoms with Gasteiger partial charge in [-0.1, -0.05) is 0 Å². The van der Waals surface area contributed by atoms with Crippen molar-refractivity contribution in [3.8, 4) is 0 Å². The van der Waals surface area contributed by atoms with Crippen molar-refractivity contribution < 1.29 is 45.6 Å². The molecule has 0 heterocycles. The van der Waals surface area contributed by atoms with E-state index in [1.165, 1.54) is 0 Å². The van der Waals surface area contributed by atoms with Crippen molar-refractivity contribution >= 4 is 30.4 Å². The van der Waals surface area contributed by atoms with Gasteiger partial charge in [-0.25, -0.2) is 0 Å². The van der Waals surface area contributed by atoms with Crippen LogP contribution in [-0.4, -0.2) is 34.6 Å². The first-order chi connectivity index (χ1) is 2.00. The van der Waals surface area contributed by atoms with Crippen LogP contribution in [0.2, 0.25) is 0 Å². The fourth-order valence-electron chi connectivity index (χ4n) is 0. The first-order valence-electron chi connectivity index (χ1n) is 0.683. The molecule has 0 spiro atoms. The zero-order valence-electron chi connectivity index (χ0n) is 3.58. The molecule has 0 aromatic carbocycles. The van der Waals surface area contributed by atoms with E-state index in [2.05, 4.69) is 0 Å². The summed E-state index contributed by atoms with van der Waals surface area (Å²) >= 11 is -5.50. The molecule has 1 N–H and O–H groups in total. The van der Waals surface area contributed by atoms with Crippen molar-refractivity contribution in [3.05, 3.63) is 0 Å². The van der Waals surface area contributed by atoms with Crippen molar-refractivity contribution in [1.82, 2.24) is 0 Å². The van der Waals surface area contributed by atoms with Crippen molar-refractivity contribution in [3.63, 3.8) is 0 Å². The van der Waals surface area contributed by atoms with Gasteiger partial charge in [0.25, 0.3) is 0 Å². The molecular formula is H3NaO4Se2. The number of hydrogen-bond acceptors (Lipinski definition) is 3. The van der Waals surface area contributed by atoms with E-state index in [4.69, 9.17) is 16.0 Å². The van der Waals surface area contributed by atoms with Gasteiger partial charge in [-0.05, 0) is 0 Å². The molecule has 0 rings (SSSR count). The van der Waals surface area contributed by atoms with E-state index < -0.39 is 13.4 Å². The van der Waals surface area contributed by atoms with Crippen molar-refractivity contribution in [2.45, 2.75) is 0 Å². The summed E-state index contributed by atoms with van der Waals surface area (Å²) < 4.78 is 33.1. The minimum absolute atomic E-state index is 0. The Hall–Kier alpha value is 1.56. The molecule has 0 aliphatic rings. The first kappa shape index (κ1) is 15.8. The van der Waals surface area contributed by atoms with Crippen LogP contribution in [0.1, 0.15) is 0 Å². The molecule has 0 aliphatic carbocycles. The van der Waals surface area contributed by atoms with Crippen LogP contribution >= 0.6 is 0 Å². The normalized spacial score (nSPS) is 8.29. The van der Waals surface area contributed by atoms with E-state index in [-0.39, 0.29) is 46.6 Å². The Kier molecular flexibility index (Phi) is 12.9. The van der Waals surface area contributed by atoms with Gasteiger partial charge in [-0.15, -0.1) is 0 Å². The molecular weight excluding hydrogens is 245 g/mol. The molecule has 0 amide bonds. The minimum atomic E-state index is -5.50. The van der Waals surface area contributed by atoms with Gasteiger partial charge in [0, 0.05) is 0 Å². The van der Waals surface area contributed by atoms with Crippen molar-refractivity contribution in [1.29, 1.82) is 0 Å². The van der Waals surface area contributed by atoms with Crippen LogP contribution < -0.4 is 33.7 Å². The topological polar surface area (TPSA) is 77.4 Å². The Morgan fingerprint density at radius 2 is 1.43 bits per heavy atom. The Morgan fingerprint density at radius 1 is 1.43 bits per heavy atom. The summed E-state index contributed by atoms with van der Waals surface area (Å²) in [5.41, 5.74) is 0. The molecule has 0 unspecified atom stereocenters.